The second-order valence-electron chi connectivity index (χ2n) is 3.07. The lowest BCUT2D eigenvalue weighted by atomic mass is 10.1. The number of hydrogen-bond acceptors (Lipinski definition) is 2. The first-order chi connectivity index (χ1) is 7.78. The summed E-state index contributed by atoms with van der Waals surface area (Å²) in [7, 11) is -2.44. The van der Waals surface area contributed by atoms with Crippen LogP contribution in [0.15, 0.2) is 24.3 Å². The highest BCUT2D eigenvalue weighted by atomic mass is 16.5. The molecule has 0 aromatic heterocycles. The van der Waals surface area contributed by atoms with Gasteiger partial charge in [-0.1, -0.05) is 12.1 Å². The zero-order valence-electron chi connectivity index (χ0n) is 11.2. The summed E-state index contributed by atoms with van der Waals surface area (Å²) in [4.78, 5) is 10.8. The van der Waals surface area contributed by atoms with Gasteiger partial charge in [0.2, 0.25) is 0 Å². The van der Waals surface area contributed by atoms with E-state index in [4.69, 9.17) is 8.85 Å². The van der Waals surface area contributed by atoms with Crippen LogP contribution in [0.4, 0.5) is 0 Å². The van der Waals surface area contributed by atoms with Crippen LogP contribution in [-0.4, -0.2) is 12.8 Å². The third-order valence-electron chi connectivity index (χ3n) is 1.82. The van der Waals surface area contributed by atoms with Crippen molar-refractivity contribution in [3.63, 3.8) is 0 Å². The average molecular weight is 193 g/mol. The van der Waals surface area contributed by atoms with Crippen LogP contribution in [0.25, 0.3) is 6.08 Å². The molecule has 2 heteroatoms. The van der Waals surface area contributed by atoms with Crippen molar-refractivity contribution in [2.24, 2.45) is 0 Å². The molecule has 0 bridgehead atoms. The zero-order chi connectivity index (χ0) is 13.1. The molecule has 0 aliphatic heterocycles. The van der Waals surface area contributed by atoms with Gasteiger partial charge in [0.1, 0.15) is 5.75 Å². The number of ether oxygens (including phenoxy) is 1. The van der Waals surface area contributed by atoms with Crippen molar-refractivity contribution in [3.8, 4) is 5.75 Å². The standard InChI is InChI=1S/C12H14O2/c1-9-8-11(5-4-10(2)13)6-7-12(9)14-3/h4-8H,1-3H3/b5-4+/i3D3. The predicted octanol–water partition coefficient (Wildman–Crippen LogP) is 2.61. The second-order valence-corrected chi connectivity index (χ2v) is 3.07. The molecule has 0 atom stereocenters. The minimum Gasteiger partial charge on any atom is -0.496 e. The molecule has 0 N–H and O–H groups in total. The van der Waals surface area contributed by atoms with E-state index in [0.717, 1.165) is 5.56 Å². The molecule has 74 valence electrons. The van der Waals surface area contributed by atoms with Crippen LogP contribution in [0.2, 0.25) is 0 Å². The zero-order valence-corrected chi connectivity index (χ0v) is 8.20. The summed E-state index contributed by atoms with van der Waals surface area (Å²) in [6, 6.07) is 5.05. The third-order valence-corrected chi connectivity index (χ3v) is 1.82. The van der Waals surface area contributed by atoms with E-state index in [2.05, 4.69) is 0 Å². The lowest BCUT2D eigenvalue weighted by Crippen LogP contribution is -1.87. The van der Waals surface area contributed by atoms with Gasteiger partial charge in [0.15, 0.2) is 5.78 Å². The van der Waals surface area contributed by atoms with Gasteiger partial charge in [-0.25, -0.2) is 0 Å². The fourth-order valence-electron chi connectivity index (χ4n) is 1.10. The van der Waals surface area contributed by atoms with Gasteiger partial charge in [0.05, 0.1) is 11.2 Å². The number of carbonyl (C=O) groups excluding carboxylic acids is 1. The Balaban J connectivity index is 2.90. The first kappa shape index (κ1) is 6.82. The maximum Gasteiger partial charge on any atom is 0.152 e. The van der Waals surface area contributed by atoms with Crippen LogP contribution < -0.4 is 4.74 Å². The molecule has 0 radical (unpaired) electrons. The van der Waals surface area contributed by atoms with E-state index >= 15 is 0 Å². The van der Waals surface area contributed by atoms with Crippen molar-refractivity contribution in [1.82, 2.24) is 0 Å². The highest BCUT2D eigenvalue weighted by Gasteiger charge is 1.97. The van der Waals surface area contributed by atoms with Crippen LogP contribution in [0.3, 0.4) is 0 Å². The Kier molecular flexibility index (Phi) is 2.24. The summed E-state index contributed by atoms with van der Waals surface area (Å²) in [5.41, 5.74) is 1.54. The molecule has 0 aliphatic rings. The second kappa shape index (κ2) is 4.61. The van der Waals surface area contributed by atoms with Gasteiger partial charge >= 0.3 is 0 Å². The minimum absolute atomic E-state index is 0.0366. The molecule has 1 aromatic rings. The van der Waals surface area contributed by atoms with Gasteiger partial charge in [-0.2, -0.15) is 0 Å². The van der Waals surface area contributed by atoms with Crippen LogP contribution in [0.5, 0.6) is 5.75 Å². The molecule has 0 saturated carbocycles. The lowest BCUT2D eigenvalue weighted by molar-refractivity contribution is -0.112. The molecular weight excluding hydrogens is 176 g/mol. The molecule has 2 nitrogen and oxygen atoms in total. The first-order valence-electron chi connectivity index (χ1n) is 5.76. The lowest BCUT2D eigenvalue weighted by Gasteiger charge is -2.04. The molecular formula is C12H14O2. The number of ketones is 1. The van der Waals surface area contributed by atoms with Crippen molar-refractivity contribution in [3.05, 3.63) is 35.4 Å². The molecule has 0 fully saturated rings. The number of carbonyl (C=O) groups is 1. The van der Waals surface area contributed by atoms with Crippen molar-refractivity contribution in [2.45, 2.75) is 13.8 Å². The van der Waals surface area contributed by atoms with Crippen LogP contribution >= 0.6 is 0 Å². The van der Waals surface area contributed by atoms with E-state index in [0.29, 0.717) is 11.3 Å². The van der Waals surface area contributed by atoms with Crippen molar-refractivity contribution in [1.29, 1.82) is 0 Å². The Morgan fingerprint density at radius 1 is 1.57 bits per heavy atom. The van der Waals surface area contributed by atoms with Crippen molar-refractivity contribution >= 4 is 11.9 Å². The Morgan fingerprint density at radius 3 is 2.93 bits per heavy atom. The Morgan fingerprint density at radius 2 is 2.36 bits per heavy atom. The topological polar surface area (TPSA) is 26.3 Å². The normalized spacial score (nSPS) is 14.6. The molecule has 0 unspecified atom stereocenters. The number of rotatable bonds is 3. The number of benzene rings is 1. The Labute approximate surface area is 88.4 Å². The summed E-state index contributed by atoms with van der Waals surface area (Å²) >= 11 is 0. The van der Waals surface area contributed by atoms with Crippen molar-refractivity contribution in [2.75, 3.05) is 7.04 Å². The first-order valence-corrected chi connectivity index (χ1v) is 4.26. The Hall–Kier alpha value is -1.57. The van der Waals surface area contributed by atoms with Crippen molar-refractivity contribution < 1.29 is 13.6 Å². The van der Waals surface area contributed by atoms with Gasteiger partial charge in [-0.15, -0.1) is 0 Å². The largest absolute Gasteiger partial charge is 0.496 e. The highest BCUT2D eigenvalue weighted by molar-refractivity contribution is 5.91. The number of methoxy groups -OCH3 is 1. The molecule has 0 aliphatic carbocycles. The summed E-state index contributed by atoms with van der Waals surface area (Å²) in [5, 5.41) is 0. The molecule has 0 spiro atoms. The maximum atomic E-state index is 10.8. The van der Waals surface area contributed by atoms with Gasteiger partial charge in [0.25, 0.3) is 0 Å². The quantitative estimate of drug-likeness (QED) is 0.690. The molecule has 1 rings (SSSR count). The summed E-state index contributed by atoms with van der Waals surface area (Å²) < 4.78 is 25.9. The molecule has 0 heterocycles. The van der Waals surface area contributed by atoms with Crippen LogP contribution in [-0.2, 0) is 4.79 Å². The van der Waals surface area contributed by atoms with E-state index in [1.807, 2.05) is 0 Å². The smallest absolute Gasteiger partial charge is 0.152 e. The number of aryl methyl sites for hydroxylation is 1. The molecule has 1 aromatic carbocycles. The van der Waals surface area contributed by atoms with Gasteiger partial charge < -0.3 is 4.74 Å². The van der Waals surface area contributed by atoms with Gasteiger partial charge in [-0.05, 0) is 43.2 Å². The highest BCUT2D eigenvalue weighted by Crippen LogP contribution is 2.18. The van der Waals surface area contributed by atoms with Crippen LogP contribution in [0, 0.1) is 6.92 Å². The molecule has 0 amide bonds. The average Bonchev–Trinajstić information content (AvgIpc) is 2.17. The maximum absolute atomic E-state index is 10.8. The monoisotopic (exact) mass is 193 g/mol. The van der Waals surface area contributed by atoms with Crippen LogP contribution in [0.1, 0.15) is 22.2 Å². The summed E-state index contributed by atoms with van der Waals surface area (Å²) in [6.45, 7) is 3.22. The Bertz CT molecular complexity index is 448. The minimum atomic E-state index is -2.44. The third kappa shape index (κ3) is 2.73. The van der Waals surface area contributed by atoms with E-state index in [1.165, 1.54) is 13.0 Å². The molecule has 14 heavy (non-hydrogen) atoms. The van der Waals surface area contributed by atoms with E-state index in [-0.39, 0.29) is 5.78 Å². The van der Waals surface area contributed by atoms with Gasteiger partial charge in [0, 0.05) is 0 Å². The summed E-state index contributed by atoms with van der Waals surface area (Å²) in [6.07, 6.45) is 3.13. The van der Waals surface area contributed by atoms with Gasteiger partial charge in [-0.3, -0.25) is 4.79 Å². The predicted molar refractivity (Wildman–Crippen MR) is 57.4 cm³/mol. The fourth-order valence-corrected chi connectivity index (χ4v) is 1.10. The summed E-state index contributed by atoms with van der Waals surface area (Å²) in [5.74, 6) is 0.287. The number of hydrogen-bond donors (Lipinski definition) is 0. The van der Waals surface area contributed by atoms with E-state index in [1.54, 1.807) is 31.2 Å². The molecule has 0 saturated heterocycles. The van der Waals surface area contributed by atoms with E-state index < -0.39 is 7.04 Å². The SMILES string of the molecule is [2H]C([2H])([2H])Oc1ccc(/C=C/C(C)=O)cc1C. The fraction of sp³-hybridized carbons (Fsp3) is 0.250. The number of allylic oxidation sites excluding steroid dienone is 1. The van der Waals surface area contributed by atoms with E-state index in [9.17, 15) is 4.79 Å².